The Labute approximate surface area is 173 Å². The summed E-state index contributed by atoms with van der Waals surface area (Å²) in [5.74, 6) is -0.0237. The van der Waals surface area contributed by atoms with Gasteiger partial charge in [-0.25, -0.2) is 4.98 Å². The number of hydrogen-bond donors (Lipinski definition) is 0. The molecule has 2 atom stereocenters. The number of thioether (sulfide) groups is 1. The predicted octanol–water partition coefficient (Wildman–Crippen LogP) is 5.38. The Hall–Kier alpha value is -1.96. The highest BCUT2D eigenvalue weighted by atomic mass is 32.2. The maximum Gasteiger partial charge on any atom is 0.406 e. The first-order valence-corrected chi connectivity index (χ1v) is 10.8. The third-order valence-electron chi connectivity index (χ3n) is 5.24. The molecule has 0 saturated carbocycles. The van der Waals surface area contributed by atoms with Crippen LogP contribution in [0.15, 0.2) is 41.7 Å². The molecule has 1 saturated heterocycles. The number of imidazole rings is 1. The number of aromatic nitrogens is 2. The summed E-state index contributed by atoms with van der Waals surface area (Å²) in [7, 11) is 0. The molecule has 4 nitrogen and oxygen atoms in total. The Morgan fingerprint density at radius 2 is 2.00 bits per heavy atom. The van der Waals surface area contributed by atoms with Crippen LogP contribution in [0.5, 0.6) is 0 Å². The van der Waals surface area contributed by atoms with Crippen LogP contribution < -0.4 is 0 Å². The molecule has 3 rings (SSSR count). The Kier molecular flexibility index (Phi) is 6.93. The number of rotatable bonds is 6. The van der Waals surface area contributed by atoms with Gasteiger partial charge in [-0.15, -0.1) is 0 Å². The second-order valence-corrected chi connectivity index (χ2v) is 8.65. The van der Waals surface area contributed by atoms with Crippen molar-refractivity contribution in [2.75, 3.05) is 6.54 Å². The predicted molar refractivity (Wildman–Crippen MR) is 109 cm³/mol. The van der Waals surface area contributed by atoms with E-state index in [2.05, 4.69) is 11.9 Å². The number of carbonyl (C=O) groups excluding carboxylic acids is 1. The first kappa shape index (κ1) is 21.7. The van der Waals surface area contributed by atoms with Crippen molar-refractivity contribution in [3.05, 3.63) is 36.5 Å². The summed E-state index contributed by atoms with van der Waals surface area (Å²) in [6.07, 6.45) is 1.04. The number of benzene rings is 1. The first-order chi connectivity index (χ1) is 13.8. The van der Waals surface area contributed by atoms with Gasteiger partial charge in [-0.1, -0.05) is 49.0 Å². The molecule has 8 heteroatoms. The minimum atomic E-state index is -4.38. The minimum absolute atomic E-state index is 0.0237. The lowest BCUT2D eigenvalue weighted by atomic mass is 10.00. The average Bonchev–Trinajstić information content (AvgIpc) is 3.08. The number of amides is 1. The van der Waals surface area contributed by atoms with Gasteiger partial charge in [-0.3, -0.25) is 4.79 Å². The summed E-state index contributed by atoms with van der Waals surface area (Å²) in [4.78, 5) is 19.1. The number of hydrogen-bond acceptors (Lipinski definition) is 3. The van der Waals surface area contributed by atoms with Gasteiger partial charge < -0.3 is 9.47 Å². The van der Waals surface area contributed by atoms with E-state index >= 15 is 0 Å². The normalized spacial score (nSPS) is 18.7. The van der Waals surface area contributed by atoms with Gasteiger partial charge in [-0.05, 0) is 38.2 Å². The molecule has 2 unspecified atom stereocenters. The van der Waals surface area contributed by atoms with Crippen LogP contribution in [0.3, 0.4) is 0 Å². The zero-order valence-corrected chi connectivity index (χ0v) is 17.5. The smallest absolute Gasteiger partial charge is 0.339 e. The zero-order chi connectivity index (χ0) is 21.0. The molecule has 1 aromatic heterocycles. The van der Waals surface area contributed by atoms with Gasteiger partial charge in [0, 0.05) is 12.6 Å². The summed E-state index contributed by atoms with van der Waals surface area (Å²) in [5.41, 5.74) is 1.06. The molecule has 1 aromatic carbocycles. The lowest BCUT2D eigenvalue weighted by Gasteiger charge is -2.36. The van der Waals surface area contributed by atoms with E-state index in [1.165, 1.54) is 6.20 Å². The Morgan fingerprint density at radius 3 is 2.66 bits per heavy atom. The van der Waals surface area contributed by atoms with E-state index in [-0.39, 0.29) is 17.1 Å². The molecular formula is C21H26F3N3OS. The molecule has 0 aliphatic carbocycles. The van der Waals surface area contributed by atoms with E-state index in [0.717, 1.165) is 42.0 Å². The van der Waals surface area contributed by atoms with Crippen LogP contribution in [0.4, 0.5) is 13.2 Å². The fourth-order valence-corrected chi connectivity index (χ4v) is 4.74. The topological polar surface area (TPSA) is 38.1 Å². The monoisotopic (exact) mass is 425 g/mol. The quantitative estimate of drug-likeness (QED) is 0.583. The van der Waals surface area contributed by atoms with Crippen molar-refractivity contribution in [1.29, 1.82) is 0 Å². The number of carbonyl (C=O) groups is 1. The van der Waals surface area contributed by atoms with E-state index in [9.17, 15) is 18.0 Å². The summed E-state index contributed by atoms with van der Waals surface area (Å²) in [6.45, 7) is 3.40. The second kappa shape index (κ2) is 9.24. The zero-order valence-electron chi connectivity index (χ0n) is 16.7. The van der Waals surface area contributed by atoms with E-state index < -0.39 is 18.0 Å². The summed E-state index contributed by atoms with van der Waals surface area (Å²) in [6, 6.07) is 9.10. The second-order valence-electron chi connectivity index (χ2n) is 7.34. The van der Waals surface area contributed by atoms with Crippen LogP contribution in [-0.4, -0.2) is 44.4 Å². The maximum absolute atomic E-state index is 13.2. The largest absolute Gasteiger partial charge is 0.406 e. The third kappa shape index (κ3) is 5.35. The number of likely N-dealkylation sites (tertiary alicyclic amines) is 1. The van der Waals surface area contributed by atoms with Gasteiger partial charge in [0.25, 0.3) is 0 Å². The third-order valence-corrected chi connectivity index (χ3v) is 6.33. The van der Waals surface area contributed by atoms with Crippen LogP contribution in [0.1, 0.15) is 39.5 Å². The van der Waals surface area contributed by atoms with Gasteiger partial charge in [0.1, 0.15) is 6.54 Å². The van der Waals surface area contributed by atoms with Crippen LogP contribution in [0.25, 0.3) is 11.3 Å². The highest BCUT2D eigenvalue weighted by Gasteiger charge is 2.33. The van der Waals surface area contributed by atoms with Gasteiger partial charge in [0.05, 0.1) is 17.1 Å². The lowest BCUT2D eigenvalue weighted by molar-refractivity contribution is -0.141. The number of piperidine rings is 1. The van der Waals surface area contributed by atoms with Crippen molar-refractivity contribution in [1.82, 2.24) is 14.5 Å². The van der Waals surface area contributed by atoms with E-state index in [1.54, 1.807) is 31.2 Å². The molecule has 1 aliphatic heterocycles. The highest BCUT2D eigenvalue weighted by Crippen LogP contribution is 2.33. The fraction of sp³-hybridized carbons (Fsp3) is 0.524. The molecule has 29 heavy (non-hydrogen) atoms. The molecule has 1 fully saturated rings. The molecular weight excluding hydrogens is 399 g/mol. The van der Waals surface area contributed by atoms with E-state index in [0.29, 0.717) is 17.8 Å². The first-order valence-electron chi connectivity index (χ1n) is 9.95. The van der Waals surface area contributed by atoms with Gasteiger partial charge in [-0.2, -0.15) is 13.2 Å². The molecule has 0 spiro atoms. The van der Waals surface area contributed by atoms with Crippen molar-refractivity contribution in [3.63, 3.8) is 0 Å². The summed E-state index contributed by atoms with van der Waals surface area (Å²) >= 11 is 1.10. The molecule has 0 bridgehead atoms. The van der Waals surface area contributed by atoms with Crippen molar-refractivity contribution in [3.8, 4) is 11.3 Å². The summed E-state index contributed by atoms with van der Waals surface area (Å²) in [5, 5.41) is -0.285. The Morgan fingerprint density at radius 1 is 1.28 bits per heavy atom. The molecule has 1 aliphatic rings. The number of nitrogens with zero attached hydrogens (tertiary/aromatic N) is 3. The van der Waals surface area contributed by atoms with Crippen molar-refractivity contribution < 1.29 is 18.0 Å². The fourth-order valence-electron chi connectivity index (χ4n) is 3.78. The van der Waals surface area contributed by atoms with Crippen molar-refractivity contribution >= 4 is 17.7 Å². The summed E-state index contributed by atoms with van der Waals surface area (Å²) < 4.78 is 40.9. The SMILES string of the molecule is CCC1CCCCN1C(=O)C(C)Sc1ncc(-c2ccccc2)n1CC(F)(F)F. The standard InChI is InChI=1S/C21H26F3N3OS/c1-3-17-11-7-8-12-26(17)19(28)15(2)29-20-25-13-18(16-9-5-4-6-10-16)27(20)14-21(22,23)24/h4-6,9-10,13,15,17H,3,7-8,11-12,14H2,1-2H3. The van der Waals surface area contributed by atoms with E-state index in [4.69, 9.17) is 0 Å². The number of alkyl halides is 3. The van der Waals surface area contributed by atoms with Crippen LogP contribution in [-0.2, 0) is 11.3 Å². The molecule has 158 valence electrons. The van der Waals surface area contributed by atoms with Crippen molar-refractivity contribution in [2.45, 2.75) is 68.7 Å². The lowest BCUT2D eigenvalue weighted by Crippen LogP contribution is -2.46. The van der Waals surface area contributed by atoms with Crippen LogP contribution in [0.2, 0.25) is 0 Å². The average molecular weight is 426 g/mol. The molecule has 0 N–H and O–H groups in total. The van der Waals surface area contributed by atoms with Gasteiger partial charge in [0.15, 0.2) is 5.16 Å². The molecule has 1 amide bonds. The minimum Gasteiger partial charge on any atom is -0.339 e. The Balaban J connectivity index is 1.84. The van der Waals surface area contributed by atoms with E-state index in [1.807, 2.05) is 11.0 Å². The van der Waals surface area contributed by atoms with Crippen molar-refractivity contribution in [2.24, 2.45) is 0 Å². The van der Waals surface area contributed by atoms with Gasteiger partial charge in [0.2, 0.25) is 5.91 Å². The van der Waals surface area contributed by atoms with Crippen LogP contribution >= 0.6 is 11.8 Å². The maximum atomic E-state index is 13.2. The number of halogens is 3. The molecule has 2 aromatic rings. The highest BCUT2D eigenvalue weighted by molar-refractivity contribution is 8.00. The Bertz CT molecular complexity index is 822. The molecule has 2 heterocycles. The van der Waals surface area contributed by atoms with Crippen LogP contribution in [0, 0.1) is 0 Å². The molecule has 0 radical (unpaired) electrons. The van der Waals surface area contributed by atoms with Gasteiger partial charge >= 0.3 is 6.18 Å².